The molecule has 8 heteroatoms. The molecule has 1 aliphatic heterocycles. The normalized spacial score (nSPS) is 14.9. The molecule has 0 radical (unpaired) electrons. The Bertz CT molecular complexity index is 664. The van der Waals surface area contributed by atoms with Gasteiger partial charge in [0.1, 0.15) is 0 Å². The van der Waals surface area contributed by atoms with Crippen molar-refractivity contribution in [3.8, 4) is 5.13 Å². The summed E-state index contributed by atoms with van der Waals surface area (Å²) in [6.07, 6.45) is 3.84. The number of piperidine rings is 1. The second kappa shape index (κ2) is 8.85. The largest absolute Gasteiger partial charge is 0.338 e. The minimum Gasteiger partial charge on any atom is -0.338 e. The average Bonchev–Trinajstić information content (AvgIpc) is 3.14. The Morgan fingerprint density at radius 3 is 2.50 bits per heavy atom. The topological polar surface area (TPSA) is 50.2 Å². The van der Waals surface area contributed by atoms with Crippen molar-refractivity contribution < 1.29 is 4.79 Å². The first-order valence-electron chi connectivity index (χ1n) is 7.67. The molecule has 2 aromatic heterocycles. The van der Waals surface area contributed by atoms with E-state index in [2.05, 4.69) is 14.9 Å². The third kappa shape index (κ3) is 3.94. The van der Waals surface area contributed by atoms with Gasteiger partial charge in [-0.2, -0.15) is 0 Å². The number of halogens is 2. The van der Waals surface area contributed by atoms with Crippen molar-refractivity contribution in [3.05, 3.63) is 34.6 Å². The molecule has 1 N–H and O–H groups in total. The van der Waals surface area contributed by atoms with Gasteiger partial charge in [0.05, 0.1) is 5.56 Å². The average molecular weight is 391 g/mol. The molecular weight excluding hydrogens is 367 g/mol. The molecule has 3 heterocycles. The molecule has 0 bridgehead atoms. The third-order valence-electron chi connectivity index (χ3n) is 4.46. The molecule has 2 aromatic rings. The minimum absolute atomic E-state index is 0. The molecule has 3 rings (SSSR count). The summed E-state index contributed by atoms with van der Waals surface area (Å²) in [6.45, 7) is 5.68. The van der Waals surface area contributed by atoms with Crippen molar-refractivity contribution in [1.82, 2.24) is 19.8 Å². The highest BCUT2D eigenvalue weighted by atomic mass is 35.5. The fraction of sp³-hybridized carbons (Fsp3) is 0.500. The first kappa shape index (κ1) is 21.0. The molecule has 0 aromatic carbocycles. The Hall–Kier alpha value is -1.08. The van der Waals surface area contributed by atoms with E-state index < -0.39 is 0 Å². The molecule has 1 aliphatic rings. The number of rotatable bonds is 3. The lowest BCUT2D eigenvalue weighted by Crippen LogP contribution is -2.44. The van der Waals surface area contributed by atoms with E-state index in [9.17, 15) is 4.79 Å². The molecule has 1 fully saturated rings. The van der Waals surface area contributed by atoms with Gasteiger partial charge >= 0.3 is 0 Å². The van der Waals surface area contributed by atoms with E-state index in [0.29, 0.717) is 6.04 Å². The number of aromatic nitrogens is 2. The Balaban J connectivity index is 0.00000144. The van der Waals surface area contributed by atoms with Crippen LogP contribution < -0.4 is 5.32 Å². The fourth-order valence-corrected chi connectivity index (χ4v) is 3.89. The van der Waals surface area contributed by atoms with Gasteiger partial charge in [0, 0.05) is 42.1 Å². The highest BCUT2D eigenvalue weighted by Crippen LogP contribution is 2.24. The van der Waals surface area contributed by atoms with Gasteiger partial charge in [0.2, 0.25) is 0 Å². The Labute approximate surface area is 159 Å². The summed E-state index contributed by atoms with van der Waals surface area (Å²) in [6, 6.07) is 2.52. The fourth-order valence-electron chi connectivity index (χ4n) is 3.14. The predicted molar refractivity (Wildman–Crippen MR) is 103 cm³/mol. The van der Waals surface area contributed by atoms with E-state index in [-0.39, 0.29) is 30.7 Å². The number of nitrogens with zero attached hydrogens (tertiary/aromatic N) is 3. The summed E-state index contributed by atoms with van der Waals surface area (Å²) in [4.78, 5) is 19.2. The van der Waals surface area contributed by atoms with Crippen LogP contribution >= 0.6 is 36.2 Å². The van der Waals surface area contributed by atoms with Gasteiger partial charge in [0.15, 0.2) is 5.13 Å². The highest BCUT2D eigenvalue weighted by molar-refractivity contribution is 7.12. The second-order valence-corrected chi connectivity index (χ2v) is 6.66. The van der Waals surface area contributed by atoms with Gasteiger partial charge in [-0.05, 0) is 39.8 Å². The molecule has 1 saturated heterocycles. The van der Waals surface area contributed by atoms with Crippen LogP contribution in [0, 0.1) is 13.8 Å². The van der Waals surface area contributed by atoms with Crippen molar-refractivity contribution in [2.75, 3.05) is 20.1 Å². The van der Waals surface area contributed by atoms with Gasteiger partial charge in [-0.1, -0.05) is 0 Å². The van der Waals surface area contributed by atoms with Crippen LogP contribution in [0.2, 0.25) is 0 Å². The zero-order valence-electron chi connectivity index (χ0n) is 14.1. The van der Waals surface area contributed by atoms with E-state index >= 15 is 0 Å². The summed E-state index contributed by atoms with van der Waals surface area (Å²) in [5.41, 5.74) is 2.84. The molecule has 5 nitrogen and oxygen atoms in total. The quantitative estimate of drug-likeness (QED) is 0.874. The molecule has 1 amide bonds. The second-order valence-electron chi connectivity index (χ2n) is 5.79. The van der Waals surface area contributed by atoms with Crippen molar-refractivity contribution >= 4 is 42.1 Å². The number of amides is 1. The van der Waals surface area contributed by atoms with E-state index in [4.69, 9.17) is 0 Å². The standard InChI is InChI=1S/C16H22N4OS.2ClH/c1-11-10-14(12(2)20(11)16-18-6-9-22-16)15(21)19-7-4-13(17-3)5-8-19;;/h6,9-10,13,17H,4-5,7-8H2,1-3H3;2*1H. The Morgan fingerprint density at radius 2 is 1.96 bits per heavy atom. The summed E-state index contributed by atoms with van der Waals surface area (Å²) in [7, 11) is 1.99. The SMILES string of the molecule is CNC1CCN(C(=O)c2cc(C)n(-c3nccs3)c2C)CC1.Cl.Cl. The summed E-state index contributed by atoms with van der Waals surface area (Å²) < 4.78 is 2.07. The van der Waals surface area contributed by atoms with Crippen LogP contribution in [0.1, 0.15) is 34.6 Å². The Kier molecular flexibility index (Phi) is 7.73. The first-order valence-corrected chi connectivity index (χ1v) is 8.55. The molecule has 0 unspecified atom stereocenters. The third-order valence-corrected chi connectivity index (χ3v) is 5.22. The number of hydrogen-bond donors (Lipinski definition) is 1. The van der Waals surface area contributed by atoms with Crippen molar-refractivity contribution in [2.24, 2.45) is 0 Å². The van der Waals surface area contributed by atoms with Crippen molar-refractivity contribution in [2.45, 2.75) is 32.7 Å². The summed E-state index contributed by atoms with van der Waals surface area (Å²) >= 11 is 1.59. The number of likely N-dealkylation sites (tertiary alicyclic amines) is 1. The van der Waals surface area contributed by atoms with Crippen LogP contribution in [0.15, 0.2) is 17.6 Å². The van der Waals surface area contributed by atoms with Gasteiger partial charge < -0.3 is 10.2 Å². The monoisotopic (exact) mass is 390 g/mol. The van der Waals surface area contributed by atoms with Crippen LogP contribution in [-0.2, 0) is 0 Å². The number of thiazole rings is 1. The molecule has 0 aliphatic carbocycles. The van der Waals surface area contributed by atoms with Crippen LogP contribution in [0.5, 0.6) is 0 Å². The minimum atomic E-state index is 0. The number of hydrogen-bond acceptors (Lipinski definition) is 4. The molecule has 134 valence electrons. The maximum absolute atomic E-state index is 12.8. The highest BCUT2D eigenvalue weighted by Gasteiger charge is 2.26. The van der Waals surface area contributed by atoms with Crippen molar-refractivity contribution in [3.63, 3.8) is 0 Å². The molecule has 0 saturated carbocycles. The zero-order valence-corrected chi connectivity index (χ0v) is 16.6. The van der Waals surface area contributed by atoms with E-state index in [1.165, 1.54) is 0 Å². The van der Waals surface area contributed by atoms with Crippen LogP contribution in [0.25, 0.3) is 5.13 Å². The van der Waals surface area contributed by atoms with Gasteiger partial charge in [-0.3, -0.25) is 9.36 Å². The Morgan fingerprint density at radius 1 is 1.29 bits per heavy atom. The maximum Gasteiger partial charge on any atom is 0.255 e. The van der Waals surface area contributed by atoms with Crippen LogP contribution in [0.4, 0.5) is 0 Å². The maximum atomic E-state index is 12.8. The lowest BCUT2D eigenvalue weighted by atomic mass is 10.0. The first-order chi connectivity index (χ1) is 10.6. The van der Waals surface area contributed by atoms with Crippen LogP contribution in [-0.4, -0.2) is 46.5 Å². The lowest BCUT2D eigenvalue weighted by molar-refractivity contribution is 0.0706. The van der Waals surface area contributed by atoms with Crippen molar-refractivity contribution in [1.29, 1.82) is 0 Å². The summed E-state index contributed by atoms with van der Waals surface area (Å²) in [5, 5.41) is 6.17. The van der Waals surface area contributed by atoms with E-state index in [1.54, 1.807) is 17.5 Å². The molecule has 0 atom stereocenters. The van der Waals surface area contributed by atoms with E-state index in [0.717, 1.165) is 48.0 Å². The molecule has 0 spiro atoms. The number of carbonyl (C=O) groups is 1. The van der Waals surface area contributed by atoms with Crippen LogP contribution in [0.3, 0.4) is 0 Å². The predicted octanol–water partition coefficient (Wildman–Crippen LogP) is 3.22. The molecule has 24 heavy (non-hydrogen) atoms. The van der Waals surface area contributed by atoms with E-state index in [1.807, 2.05) is 37.2 Å². The number of carbonyl (C=O) groups excluding carboxylic acids is 1. The van der Waals surface area contributed by atoms with Gasteiger partial charge in [0.25, 0.3) is 5.91 Å². The zero-order chi connectivity index (χ0) is 15.7. The van der Waals surface area contributed by atoms with Gasteiger partial charge in [-0.15, -0.1) is 36.2 Å². The number of aryl methyl sites for hydroxylation is 1. The summed E-state index contributed by atoms with van der Waals surface area (Å²) in [5.74, 6) is 0.144. The smallest absolute Gasteiger partial charge is 0.255 e. The van der Waals surface area contributed by atoms with Gasteiger partial charge in [-0.25, -0.2) is 4.98 Å². The lowest BCUT2D eigenvalue weighted by Gasteiger charge is -2.31. The number of nitrogens with one attached hydrogen (secondary N) is 1. The molecular formula is C16H24Cl2N4OS.